The number of hydrogen-bond acceptors (Lipinski definition) is 7. The summed E-state index contributed by atoms with van der Waals surface area (Å²) in [6.07, 6.45) is 2.12. The van der Waals surface area contributed by atoms with Crippen LogP contribution in [0.4, 0.5) is 0 Å². The molecule has 9 heteroatoms. The molecule has 0 atom stereocenters. The molecule has 2 aromatic carbocycles. The summed E-state index contributed by atoms with van der Waals surface area (Å²) in [6.45, 7) is 9.67. The fraction of sp³-hybridized carbons (Fsp3) is 0.419. The van der Waals surface area contributed by atoms with Crippen molar-refractivity contribution in [3.05, 3.63) is 76.5 Å². The molecule has 0 saturated carbocycles. The highest BCUT2D eigenvalue weighted by Gasteiger charge is 2.22. The van der Waals surface area contributed by atoms with Gasteiger partial charge in [-0.05, 0) is 80.6 Å². The molecular weight excluding hydrogens is 504 g/mol. The number of nitrogens with zero attached hydrogens (tertiary/aromatic N) is 6. The lowest BCUT2D eigenvalue weighted by molar-refractivity contribution is 0.0664. The van der Waals surface area contributed by atoms with Crippen molar-refractivity contribution in [2.24, 2.45) is 0 Å². The summed E-state index contributed by atoms with van der Waals surface area (Å²) in [4.78, 5) is 21.9. The second kappa shape index (κ2) is 11.3. The summed E-state index contributed by atoms with van der Waals surface area (Å²) < 4.78 is 13.1. The van der Waals surface area contributed by atoms with E-state index in [1.807, 2.05) is 46.8 Å². The van der Waals surface area contributed by atoms with Gasteiger partial charge in [0.25, 0.3) is 11.8 Å². The predicted molar refractivity (Wildman–Crippen MR) is 152 cm³/mol. The first-order valence-electron chi connectivity index (χ1n) is 14.1. The first-order chi connectivity index (χ1) is 19.4. The molecular formula is C31H36N6O3. The molecule has 2 saturated heterocycles. The van der Waals surface area contributed by atoms with Crippen LogP contribution >= 0.6 is 0 Å². The molecule has 2 aromatic heterocycles. The van der Waals surface area contributed by atoms with Crippen LogP contribution in [0.1, 0.15) is 51.5 Å². The van der Waals surface area contributed by atoms with Gasteiger partial charge < -0.3 is 19.1 Å². The number of aromatic nitrogens is 4. The molecule has 1 amide bonds. The monoisotopic (exact) mass is 540 g/mol. The van der Waals surface area contributed by atoms with E-state index < -0.39 is 0 Å². The van der Waals surface area contributed by atoms with Gasteiger partial charge in [-0.1, -0.05) is 29.4 Å². The van der Waals surface area contributed by atoms with Crippen LogP contribution in [-0.4, -0.2) is 82.1 Å². The maximum absolute atomic E-state index is 13.1. The Hall–Kier alpha value is -3.82. The highest BCUT2D eigenvalue weighted by Crippen LogP contribution is 2.32. The van der Waals surface area contributed by atoms with Crippen molar-refractivity contribution in [3.8, 4) is 23.0 Å². The van der Waals surface area contributed by atoms with E-state index in [0.29, 0.717) is 35.4 Å². The number of carbonyl (C=O) groups excluding carboxylic acids is 1. The Morgan fingerprint density at radius 3 is 2.58 bits per heavy atom. The molecule has 40 heavy (non-hydrogen) atoms. The predicted octanol–water partition coefficient (Wildman–Crippen LogP) is 4.55. The zero-order valence-corrected chi connectivity index (χ0v) is 23.5. The van der Waals surface area contributed by atoms with Gasteiger partial charge in [-0.15, -0.1) is 0 Å². The third kappa shape index (κ3) is 5.57. The molecule has 0 spiro atoms. The zero-order chi connectivity index (χ0) is 27.6. The molecule has 4 heterocycles. The van der Waals surface area contributed by atoms with E-state index in [9.17, 15) is 4.79 Å². The third-order valence-corrected chi connectivity index (χ3v) is 8.11. The Morgan fingerprint density at radius 1 is 1.00 bits per heavy atom. The highest BCUT2D eigenvalue weighted by molar-refractivity contribution is 5.94. The van der Waals surface area contributed by atoms with Crippen LogP contribution in [0.5, 0.6) is 0 Å². The fourth-order valence-electron chi connectivity index (χ4n) is 5.67. The van der Waals surface area contributed by atoms with E-state index in [4.69, 9.17) is 14.4 Å². The Labute approximate surface area is 234 Å². The second-order valence-corrected chi connectivity index (χ2v) is 11.0. The lowest BCUT2D eigenvalue weighted by atomic mass is 9.88. The number of amides is 1. The third-order valence-electron chi connectivity index (χ3n) is 8.11. The van der Waals surface area contributed by atoms with Gasteiger partial charge in [-0.25, -0.2) is 0 Å². The molecule has 208 valence electrons. The number of piperazine rings is 1. The van der Waals surface area contributed by atoms with E-state index in [1.54, 1.807) is 0 Å². The van der Waals surface area contributed by atoms with Crippen LogP contribution in [0.15, 0.2) is 53.1 Å². The van der Waals surface area contributed by atoms with Crippen LogP contribution in [0.25, 0.3) is 23.0 Å². The number of carbonyl (C=O) groups is 1. The van der Waals surface area contributed by atoms with Crippen molar-refractivity contribution in [3.63, 3.8) is 0 Å². The highest BCUT2D eigenvalue weighted by atomic mass is 16.5. The minimum Gasteiger partial charge on any atom is -0.381 e. The van der Waals surface area contributed by atoms with Gasteiger partial charge in [-0.2, -0.15) is 10.1 Å². The van der Waals surface area contributed by atoms with Crippen molar-refractivity contribution in [2.45, 2.75) is 39.2 Å². The summed E-state index contributed by atoms with van der Waals surface area (Å²) in [5, 5.41) is 9.00. The van der Waals surface area contributed by atoms with E-state index in [1.165, 1.54) is 11.1 Å². The van der Waals surface area contributed by atoms with E-state index in [-0.39, 0.29) is 5.91 Å². The summed E-state index contributed by atoms with van der Waals surface area (Å²) in [5.74, 6) is 1.57. The van der Waals surface area contributed by atoms with Gasteiger partial charge in [-0.3, -0.25) is 9.48 Å². The molecule has 6 rings (SSSR count). The minimum absolute atomic E-state index is 0.0854. The molecule has 2 fully saturated rings. The molecule has 2 aliphatic heterocycles. The van der Waals surface area contributed by atoms with E-state index >= 15 is 0 Å². The SMILES string of the molecule is Cc1cc(-c2noc(-c3cc(C)n(Cc4cccc(C(=O)N5CCN(C)CC5)c4)n3)n2)ccc1C1CCOCC1. The molecule has 9 nitrogen and oxygen atoms in total. The summed E-state index contributed by atoms with van der Waals surface area (Å²) in [6, 6.07) is 16.2. The lowest BCUT2D eigenvalue weighted by Gasteiger charge is -2.32. The summed E-state index contributed by atoms with van der Waals surface area (Å²) >= 11 is 0. The quantitative estimate of drug-likeness (QED) is 0.355. The van der Waals surface area contributed by atoms with Crippen molar-refractivity contribution in [1.82, 2.24) is 29.7 Å². The van der Waals surface area contributed by atoms with E-state index in [0.717, 1.165) is 69.1 Å². The van der Waals surface area contributed by atoms with Crippen molar-refractivity contribution in [1.29, 1.82) is 0 Å². The van der Waals surface area contributed by atoms with Crippen LogP contribution < -0.4 is 0 Å². The average Bonchev–Trinajstić information content (AvgIpc) is 3.61. The number of likely N-dealkylation sites (N-methyl/N-ethyl adjacent to an activating group) is 1. The largest absolute Gasteiger partial charge is 0.381 e. The molecule has 0 radical (unpaired) electrons. The average molecular weight is 541 g/mol. The van der Waals surface area contributed by atoms with Crippen LogP contribution in [0, 0.1) is 13.8 Å². The molecule has 2 aliphatic rings. The number of benzene rings is 2. The second-order valence-electron chi connectivity index (χ2n) is 11.0. The first kappa shape index (κ1) is 26.4. The Kier molecular flexibility index (Phi) is 7.49. The van der Waals surface area contributed by atoms with Gasteiger partial charge >= 0.3 is 0 Å². The number of hydrogen-bond donors (Lipinski definition) is 0. The zero-order valence-electron chi connectivity index (χ0n) is 23.5. The minimum atomic E-state index is 0.0854. The molecule has 0 bridgehead atoms. The van der Waals surface area contributed by atoms with Crippen LogP contribution in [-0.2, 0) is 11.3 Å². The van der Waals surface area contributed by atoms with Crippen molar-refractivity contribution < 1.29 is 14.1 Å². The normalized spacial score (nSPS) is 16.9. The van der Waals surface area contributed by atoms with Gasteiger partial charge in [0.05, 0.1) is 6.54 Å². The van der Waals surface area contributed by atoms with Gasteiger partial charge in [0, 0.05) is 56.2 Å². The molecule has 0 N–H and O–H groups in total. The van der Waals surface area contributed by atoms with Crippen molar-refractivity contribution >= 4 is 5.91 Å². The Morgan fingerprint density at radius 2 is 1.80 bits per heavy atom. The standard InChI is InChI=1S/C31H36N6O3/c1-21-17-25(7-8-27(21)24-9-15-39-16-10-24)29-32-30(40-34-29)28-18-22(2)37(33-28)20-23-5-4-6-26(19-23)31(38)36-13-11-35(3)12-14-36/h4-8,17-19,24H,9-16,20H2,1-3H3. The number of ether oxygens (including phenoxy) is 1. The lowest BCUT2D eigenvalue weighted by Crippen LogP contribution is -2.47. The maximum atomic E-state index is 13.1. The molecule has 0 aliphatic carbocycles. The molecule has 4 aromatic rings. The van der Waals surface area contributed by atoms with Gasteiger partial charge in [0.15, 0.2) is 5.69 Å². The smallest absolute Gasteiger partial charge is 0.278 e. The van der Waals surface area contributed by atoms with E-state index in [2.05, 4.69) is 47.2 Å². The Bertz CT molecular complexity index is 1490. The number of rotatable bonds is 6. The number of aryl methyl sites for hydroxylation is 2. The first-order valence-corrected chi connectivity index (χ1v) is 14.1. The van der Waals surface area contributed by atoms with Crippen LogP contribution in [0.2, 0.25) is 0 Å². The van der Waals surface area contributed by atoms with Crippen LogP contribution in [0.3, 0.4) is 0 Å². The van der Waals surface area contributed by atoms with Gasteiger partial charge in [0.2, 0.25) is 5.82 Å². The molecule has 0 unspecified atom stereocenters. The summed E-state index contributed by atoms with van der Waals surface area (Å²) in [7, 11) is 2.09. The van der Waals surface area contributed by atoms with Crippen molar-refractivity contribution in [2.75, 3.05) is 46.4 Å². The van der Waals surface area contributed by atoms with Gasteiger partial charge in [0.1, 0.15) is 0 Å². The maximum Gasteiger partial charge on any atom is 0.278 e. The topological polar surface area (TPSA) is 89.5 Å². The Balaban J connectivity index is 1.16. The summed E-state index contributed by atoms with van der Waals surface area (Å²) in [5.41, 5.74) is 6.89. The fourth-order valence-corrected chi connectivity index (χ4v) is 5.67.